The van der Waals surface area contributed by atoms with Crippen LogP contribution in [0.1, 0.15) is 42.6 Å². The second-order valence-corrected chi connectivity index (χ2v) is 5.93. The van der Waals surface area contributed by atoms with Crippen LogP contribution >= 0.6 is 0 Å². The number of amides is 1. The Balaban J connectivity index is 2.01. The number of aryl methyl sites for hydroxylation is 1. The van der Waals surface area contributed by atoms with E-state index in [0.29, 0.717) is 19.1 Å². The molecule has 2 unspecified atom stereocenters. The van der Waals surface area contributed by atoms with Crippen LogP contribution in [-0.2, 0) is 11.2 Å². The molecule has 1 aromatic carbocycles. The summed E-state index contributed by atoms with van der Waals surface area (Å²) in [6, 6.07) is 8.10. The average Bonchev–Trinajstić information content (AvgIpc) is 2.49. The van der Waals surface area contributed by atoms with Crippen LogP contribution in [0, 0.1) is 5.92 Å². The molecule has 2 rings (SSSR count). The van der Waals surface area contributed by atoms with Crippen LogP contribution < -0.4 is 5.73 Å². The molecule has 1 aromatic rings. The van der Waals surface area contributed by atoms with Crippen molar-refractivity contribution >= 4 is 11.7 Å². The second-order valence-electron chi connectivity index (χ2n) is 5.93. The SMILES string of the molecule is CCc1ccc(C(=O)CN2CC(C(N)=O)CCC2C)cc1. The van der Waals surface area contributed by atoms with Gasteiger partial charge in [-0.1, -0.05) is 31.2 Å². The van der Waals surface area contributed by atoms with E-state index in [1.165, 1.54) is 5.56 Å². The van der Waals surface area contributed by atoms with Crippen LogP contribution in [0.4, 0.5) is 0 Å². The summed E-state index contributed by atoms with van der Waals surface area (Å²) < 4.78 is 0. The molecular weight excluding hydrogens is 264 g/mol. The number of carbonyl (C=O) groups is 2. The van der Waals surface area contributed by atoms with E-state index in [9.17, 15) is 9.59 Å². The van der Waals surface area contributed by atoms with Gasteiger partial charge in [-0.05, 0) is 31.7 Å². The number of rotatable bonds is 5. The molecule has 0 saturated carbocycles. The summed E-state index contributed by atoms with van der Waals surface area (Å²) in [7, 11) is 0. The lowest BCUT2D eigenvalue weighted by Gasteiger charge is -2.36. The highest BCUT2D eigenvalue weighted by atomic mass is 16.1. The second kappa shape index (κ2) is 6.85. The summed E-state index contributed by atoms with van der Waals surface area (Å²) in [4.78, 5) is 25.8. The fraction of sp³-hybridized carbons (Fsp3) is 0.529. The molecule has 0 spiro atoms. The lowest BCUT2D eigenvalue weighted by atomic mass is 9.92. The Kier molecular flexibility index (Phi) is 5.12. The highest BCUT2D eigenvalue weighted by Gasteiger charge is 2.29. The molecule has 0 aliphatic carbocycles. The number of primary amides is 1. The van der Waals surface area contributed by atoms with E-state index in [1.807, 2.05) is 24.3 Å². The molecule has 114 valence electrons. The highest BCUT2D eigenvalue weighted by Crippen LogP contribution is 2.22. The number of nitrogens with two attached hydrogens (primary N) is 1. The van der Waals surface area contributed by atoms with Crippen LogP contribution in [0.25, 0.3) is 0 Å². The Bertz CT molecular complexity index is 510. The van der Waals surface area contributed by atoms with Crippen molar-refractivity contribution in [2.24, 2.45) is 11.7 Å². The summed E-state index contributed by atoms with van der Waals surface area (Å²) >= 11 is 0. The molecule has 2 atom stereocenters. The molecule has 21 heavy (non-hydrogen) atoms. The summed E-state index contributed by atoms with van der Waals surface area (Å²) in [6.45, 7) is 5.15. The van der Waals surface area contributed by atoms with Gasteiger partial charge in [0.25, 0.3) is 0 Å². The van der Waals surface area contributed by atoms with E-state index < -0.39 is 0 Å². The van der Waals surface area contributed by atoms with Crippen molar-refractivity contribution in [2.45, 2.75) is 39.2 Å². The minimum Gasteiger partial charge on any atom is -0.369 e. The summed E-state index contributed by atoms with van der Waals surface area (Å²) in [5.41, 5.74) is 7.36. The molecule has 0 bridgehead atoms. The van der Waals surface area contributed by atoms with Gasteiger partial charge >= 0.3 is 0 Å². The van der Waals surface area contributed by atoms with Crippen LogP contribution in [0.3, 0.4) is 0 Å². The summed E-state index contributed by atoms with van der Waals surface area (Å²) in [5.74, 6) is -0.280. The number of piperidine rings is 1. The Labute approximate surface area is 126 Å². The zero-order valence-corrected chi connectivity index (χ0v) is 12.8. The molecule has 1 saturated heterocycles. The third-order valence-electron chi connectivity index (χ3n) is 4.44. The highest BCUT2D eigenvalue weighted by molar-refractivity contribution is 5.97. The number of Topliss-reactive ketones (excluding diaryl/α,β-unsaturated/α-hetero) is 1. The fourth-order valence-electron chi connectivity index (χ4n) is 2.83. The maximum atomic E-state index is 12.4. The smallest absolute Gasteiger partial charge is 0.221 e. The minimum absolute atomic E-state index is 0.106. The molecule has 2 N–H and O–H groups in total. The minimum atomic E-state index is -0.258. The Morgan fingerprint density at radius 3 is 2.48 bits per heavy atom. The summed E-state index contributed by atoms with van der Waals surface area (Å²) in [6.07, 6.45) is 2.71. The van der Waals surface area contributed by atoms with Crippen LogP contribution in [0.15, 0.2) is 24.3 Å². The normalized spacial score (nSPS) is 23.0. The average molecular weight is 288 g/mol. The number of likely N-dealkylation sites (tertiary alicyclic amines) is 1. The topological polar surface area (TPSA) is 63.4 Å². The molecule has 1 heterocycles. The Hall–Kier alpha value is -1.68. The molecule has 1 aliphatic rings. The molecular formula is C17H24N2O2. The van der Waals surface area contributed by atoms with Gasteiger partial charge in [-0.2, -0.15) is 0 Å². The number of carbonyl (C=O) groups excluding carboxylic acids is 2. The quantitative estimate of drug-likeness (QED) is 0.843. The van der Waals surface area contributed by atoms with Gasteiger partial charge in [0.2, 0.25) is 5.91 Å². The van der Waals surface area contributed by atoms with Crippen molar-refractivity contribution in [3.8, 4) is 0 Å². The van der Waals surface area contributed by atoms with Crippen molar-refractivity contribution < 1.29 is 9.59 Å². The molecule has 4 nitrogen and oxygen atoms in total. The van der Waals surface area contributed by atoms with Crippen molar-refractivity contribution in [3.63, 3.8) is 0 Å². The maximum absolute atomic E-state index is 12.4. The van der Waals surface area contributed by atoms with Gasteiger partial charge in [0.05, 0.1) is 12.5 Å². The third-order valence-corrected chi connectivity index (χ3v) is 4.44. The Morgan fingerprint density at radius 2 is 1.90 bits per heavy atom. The Morgan fingerprint density at radius 1 is 1.24 bits per heavy atom. The van der Waals surface area contributed by atoms with Gasteiger partial charge in [0.15, 0.2) is 5.78 Å². The van der Waals surface area contributed by atoms with Crippen molar-refractivity contribution in [1.29, 1.82) is 0 Å². The molecule has 1 aliphatic heterocycles. The van der Waals surface area contributed by atoms with Crippen molar-refractivity contribution in [1.82, 2.24) is 4.90 Å². The standard InChI is InChI=1S/C17H24N2O2/c1-3-13-5-8-14(9-6-13)16(20)11-19-10-15(17(18)21)7-4-12(19)2/h5-6,8-9,12,15H,3-4,7,10-11H2,1-2H3,(H2,18,21). The van der Waals surface area contributed by atoms with E-state index in [2.05, 4.69) is 18.7 Å². The van der Waals surface area contributed by atoms with Gasteiger partial charge in [-0.3, -0.25) is 14.5 Å². The predicted molar refractivity (Wildman–Crippen MR) is 83.1 cm³/mol. The van der Waals surface area contributed by atoms with Crippen LogP contribution in [0.2, 0.25) is 0 Å². The fourth-order valence-corrected chi connectivity index (χ4v) is 2.83. The lowest BCUT2D eigenvalue weighted by Crippen LogP contribution is -2.47. The first kappa shape index (κ1) is 15.7. The first-order valence-corrected chi connectivity index (χ1v) is 7.66. The first-order valence-electron chi connectivity index (χ1n) is 7.66. The van der Waals surface area contributed by atoms with E-state index >= 15 is 0 Å². The number of benzene rings is 1. The number of hydrogen-bond donors (Lipinski definition) is 1. The zero-order chi connectivity index (χ0) is 15.4. The number of nitrogens with zero attached hydrogens (tertiary/aromatic N) is 1. The predicted octanol–water partition coefficient (Wildman–Crippen LogP) is 2.02. The van der Waals surface area contributed by atoms with Crippen molar-refractivity contribution in [2.75, 3.05) is 13.1 Å². The van der Waals surface area contributed by atoms with Crippen LogP contribution in [-0.4, -0.2) is 35.7 Å². The first-order chi connectivity index (χ1) is 10.0. The lowest BCUT2D eigenvalue weighted by molar-refractivity contribution is -0.123. The molecule has 1 amide bonds. The van der Waals surface area contributed by atoms with E-state index in [-0.39, 0.29) is 17.6 Å². The van der Waals surface area contributed by atoms with Crippen molar-refractivity contribution in [3.05, 3.63) is 35.4 Å². The maximum Gasteiger partial charge on any atom is 0.221 e. The van der Waals surface area contributed by atoms with Crippen LogP contribution in [0.5, 0.6) is 0 Å². The van der Waals surface area contributed by atoms with Gasteiger partial charge in [0.1, 0.15) is 0 Å². The molecule has 1 fully saturated rings. The monoisotopic (exact) mass is 288 g/mol. The van der Waals surface area contributed by atoms with Gasteiger partial charge in [-0.25, -0.2) is 0 Å². The summed E-state index contributed by atoms with van der Waals surface area (Å²) in [5, 5.41) is 0. The molecule has 0 radical (unpaired) electrons. The molecule has 0 aromatic heterocycles. The zero-order valence-electron chi connectivity index (χ0n) is 12.8. The number of hydrogen-bond acceptors (Lipinski definition) is 3. The van der Waals surface area contributed by atoms with E-state index in [0.717, 1.165) is 24.8 Å². The van der Waals surface area contributed by atoms with Gasteiger partial charge in [-0.15, -0.1) is 0 Å². The van der Waals surface area contributed by atoms with Gasteiger partial charge in [0, 0.05) is 18.2 Å². The van der Waals surface area contributed by atoms with Gasteiger partial charge < -0.3 is 5.73 Å². The largest absolute Gasteiger partial charge is 0.369 e. The third kappa shape index (κ3) is 3.91. The molecule has 4 heteroatoms. The van der Waals surface area contributed by atoms with E-state index in [4.69, 9.17) is 5.73 Å². The van der Waals surface area contributed by atoms with E-state index in [1.54, 1.807) is 0 Å². The number of ketones is 1.